The van der Waals surface area contributed by atoms with Gasteiger partial charge in [-0.25, -0.2) is 9.78 Å². The van der Waals surface area contributed by atoms with Gasteiger partial charge < -0.3 is 20.5 Å². The highest BCUT2D eigenvalue weighted by atomic mass is 16.5. The van der Waals surface area contributed by atoms with E-state index in [4.69, 9.17) is 9.72 Å². The number of amides is 1. The number of esters is 1. The first-order valence-electron chi connectivity index (χ1n) is 11.3. The summed E-state index contributed by atoms with van der Waals surface area (Å²) in [5, 5.41) is 15.2. The quantitative estimate of drug-likeness (QED) is 0.391. The zero-order valence-corrected chi connectivity index (χ0v) is 19.8. The SMILES string of the molecule is CCOC(=O)CNc1c(-c2cccc(C)c2)nc2cc(C(=O)NC(C(=O)O)C(C)CC)ccn12. The number of anilines is 1. The molecule has 0 bridgehead atoms. The molecule has 0 aliphatic carbocycles. The molecule has 3 N–H and O–H groups in total. The molecule has 1 aromatic carbocycles. The first-order chi connectivity index (χ1) is 16.2. The molecule has 2 heterocycles. The Hall–Kier alpha value is -3.88. The van der Waals surface area contributed by atoms with Crippen molar-refractivity contribution in [3.05, 3.63) is 53.7 Å². The Bertz CT molecular complexity index is 1200. The van der Waals surface area contributed by atoms with Crippen molar-refractivity contribution in [3.8, 4) is 11.3 Å². The fourth-order valence-electron chi connectivity index (χ4n) is 3.62. The average molecular weight is 467 g/mol. The molecule has 3 rings (SSSR count). The van der Waals surface area contributed by atoms with Crippen LogP contribution in [-0.4, -0.2) is 51.5 Å². The van der Waals surface area contributed by atoms with Crippen LogP contribution in [0.15, 0.2) is 42.6 Å². The van der Waals surface area contributed by atoms with Crippen LogP contribution in [0.5, 0.6) is 0 Å². The molecule has 0 saturated heterocycles. The minimum atomic E-state index is -1.07. The first kappa shape index (κ1) is 24.8. The highest BCUT2D eigenvalue weighted by Crippen LogP contribution is 2.29. The molecule has 3 aromatic rings. The molecule has 1 amide bonds. The molecule has 2 aromatic heterocycles. The number of carbonyl (C=O) groups is 3. The van der Waals surface area contributed by atoms with E-state index in [-0.39, 0.29) is 19.1 Å². The third-order valence-electron chi connectivity index (χ3n) is 5.65. The van der Waals surface area contributed by atoms with Gasteiger partial charge in [-0.15, -0.1) is 0 Å². The van der Waals surface area contributed by atoms with Gasteiger partial charge in [0.2, 0.25) is 0 Å². The third kappa shape index (κ3) is 5.54. The van der Waals surface area contributed by atoms with Crippen molar-refractivity contribution in [2.45, 2.75) is 40.2 Å². The Morgan fingerprint density at radius 1 is 1.18 bits per heavy atom. The van der Waals surface area contributed by atoms with Crippen molar-refractivity contribution in [3.63, 3.8) is 0 Å². The monoisotopic (exact) mass is 466 g/mol. The van der Waals surface area contributed by atoms with E-state index in [2.05, 4.69) is 10.6 Å². The third-order valence-corrected chi connectivity index (χ3v) is 5.65. The number of hydrogen-bond donors (Lipinski definition) is 3. The Morgan fingerprint density at radius 3 is 2.59 bits per heavy atom. The van der Waals surface area contributed by atoms with E-state index >= 15 is 0 Å². The molecule has 2 atom stereocenters. The molecule has 2 unspecified atom stereocenters. The molecule has 9 heteroatoms. The summed E-state index contributed by atoms with van der Waals surface area (Å²) in [6.07, 6.45) is 2.29. The lowest BCUT2D eigenvalue weighted by Gasteiger charge is -2.20. The van der Waals surface area contributed by atoms with E-state index in [1.807, 2.05) is 38.1 Å². The fraction of sp³-hybridized carbons (Fsp3) is 0.360. The fourth-order valence-corrected chi connectivity index (χ4v) is 3.62. The molecule has 0 fully saturated rings. The number of carbonyl (C=O) groups excluding carboxylic acids is 2. The number of fused-ring (bicyclic) bond motifs is 1. The van der Waals surface area contributed by atoms with E-state index in [0.717, 1.165) is 11.1 Å². The van der Waals surface area contributed by atoms with E-state index in [1.165, 1.54) is 0 Å². The maximum atomic E-state index is 12.8. The van der Waals surface area contributed by atoms with Gasteiger partial charge >= 0.3 is 11.9 Å². The topological polar surface area (TPSA) is 122 Å². The van der Waals surface area contributed by atoms with Gasteiger partial charge in [-0.1, -0.05) is 44.0 Å². The predicted octanol–water partition coefficient (Wildman–Crippen LogP) is 3.51. The van der Waals surface area contributed by atoms with Gasteiger partial charge in [0.25, 0.3) is 5.91 Å². The predicted molar refractivity (Wildman–Crippen MR) is 129 cm³/mol. The van der Waals surface area contributed by atoms with Gasteiger partial charge in [0.05, 0.1) is 6.61 Å². The number of aliphatic carboxylic acids is 1. The number of imidazole rings is 1. The van der Waals surface area contributed by atoms with Crippen LogP contribution in [-0.2, 0) is 14.3 Å². The number of aromatic nitrogens is 2. The van der Waals surface area contributed by atoms with Crippen molar-refractivity contribution in [2.75, 3.05) is 18.5 Å². The number of nitrogens with zero attached hydrogens (tertiary/aromatic N) is 2. The summed E-state index contributed by atoms with van der Waals surface area (Å²) >= 11 is 0. The number of nitrogens with one attached hydrogen (secondary N) is 2. The minimum Gasteiger partial charge on any atom is -0.480 e. The standard InChI is InChI=1S/C25H30N4O5/c1-5-16(4)21(25(32)33)28-24(31)18-10-11-29-19(13-18)27-22(17-9-7-8-15(3)12-17)23(29)26-14-20(30)34-6-2/h7-13,16,21,26H,5-6,14H2,1-4H3,(H,28,31)(H,32,33). The maximum Gasteiger partial charge on any atom is 0.326 e. The number of carboxylic acids is 1. The van der Waals surface area contributed by atoms with Crippen molar-refractivity contribution < 1.29 is 24.2 Å². The molecule has 0 spiro atoms. The van der Waals surface area contributed by atoms with Gasteiger partial charge in [-0.2, -0.15) is 0 Å². The van der Waals surface area contributed by atoms with Crippen molar-refractivity contribution >= 4 is 29.3 Å². The molecule has 180 valence electrons. The Morgan fingerprint density at radius 2 is 1.94 bits per heavy atom. The highest BCUT2D eigenvalue weighted by molar-refractivity contribution is 5.97. The van der Waals surface area contributed by atoms with Gasteiger partial charge in [0, 0.05) is 17.3 Å². The van der Waals surface area contributed by atoms with Crippen LogP contribution in [0.4, 0.5) is 5.82 Å². The summed E-state index contributed by atoms with van der Waals surface area (Å²) in [7, 11) is 0. The molecule has 9 nitrogen and oxygen atoms in total. The lowest BCUT2D eigenvalue weighted by atomic mass is 9.99. The number of pyridine rings is 1. The van der Waals surface area contributed by atoms with Gasteiger partial charge in [-0.3, -0.25) is 14.0 Å². The van der Waals surface area contributed by atoms with E-state index in [1.54, 1.807) is 36.6 Å². The zero-order chi connectivity index (χ0) is 24.8. The second kappa shape index (κ2) is 10.8. The van der Waals surface area contributed by atoms with Crippen LogP contribution in [0, 0.1) is 12.8 Å². The Labute approximate surface area is 198 Å². The number of benzene rings is 1. The summed E-state index contributed by atoms with van der Waals surface area (Å²) in [4.78, 5) is 41.1. The van der Waals surface area contributed by atoms with Crippen molar-refractivity contribution in [2.24, 2.45) is 5.92 Å². The van der Waals surface area contributed by atoms with Crippen LogP contribution < -0.4 is 10.6 Å². The lowest BCUT2D eigenvalue weighted by Crippen LogP contribution is -2.45. The second-order valence-electron chi connectivity index (χ2n) is 8.16. The van der Waals surface area contributed by atoms with Crippen molar-refractivity contribution in [1.82, 2.24) is 14.7 Å². The van der Waals surface area contributed by atoms with E-state index < -0.39 is 23.9 Å². The molecular formula is C25H30N4O5. The summed E-state index contributed by atoms with van der Waals surface area (Å²) in [5.41, 5.74) is 3.29. The van der Waals surface area contributed by atoms with Crippen LogP contribution in [0.1, 0.15) is 43.1 Å². The molecule has 0 aliphatic rings. The summed E-state index contributed by atoms with van der Waals surface area (Å²) in [5.74, 6) is -1.59. The van der Waals surface area contributed by atoms with E-state index in [9.17, 15) is 19.5 Å². The molecular weight excluding hydrogens is 436 g/mol. The smallest absolute Gasteiger partial charge is 0.326 e. The lowest BCUT2D eigenvalue weighted by molar-refractivity contribution is -0.141. The van der Waals surface area contributed by atoms with E-state index in [0.29, 0.717) is 29.1 Å². The number of ether oxygens (including phenoxy) is 1. The summed E-state index contributed by atoms with van der Waals surface area (Å²) in [6, 6.07) is 10.00. The second-order valence-corrected chi connectivity index (χ2v) is 8.16. The Balaban J connectivity index is 1.99. The zero-order valence-electron chi connectivity index (χ0n) is 19.8. The Kier molecular flexibility index (Phi) is 7.88. The van der Waals surface area contributed by atoms with Gasteiger partial charge in [0.1, 0.15) is 29.7 Å². The highest BCUT2D eigenvalue weighted by Gasteiger charge is 2.26. The van der Waals surface area contributed by atoms with Crippen LogP contribution in [0.25, 0.3) is 16.9 Å². The number of carboxylic acid groups (broad SMARTS) is 1. The van der Waals surface area contributed by atoms with Crippen LogP contribution in [0.2, 0.25) is 0 Å². The number of aryl methyl sites for hydroxylation is 1. The summed E-state index contributed by atoms with van der Waals surface area (Å²) < 4.78 is 6.77. The normalized spacial score (nSPS) is 12.7. The summed E-state index contributed by atoms with van der Waals surface area (Å²) in [6.45, 7) is 7.62. The number of rotatable bonds is 10. The first-order valence-corrected chi connectivity index (χ1v) is 11.3. The largest absolute Gasteiger partial charge is 0.480 e. The van der Waals surface area contributed by atoms with Gasteiger partial charge in [0.15, 0.2) is 0 Å². The molecule has 34 heavy (non-hydrogen) atoms. The molecule has 0 radical (unpaired) electrons. The minimum absolute atomic E-state index is 0.0438. The molecule has 0 aliphatic heterocycles. The number of hydrogen-bond acceptors (Lipinski definition) is 6. The maximum absolute atomic E-state index is 12.8. The average Bonchev–Trinajstić information content (AvgIpc) is 3.18. The molecule has 0 saturated carbocycles. The van der Waals surface area contributed by atoms with Crippen molar-refractivity contribution in [1.29, 1.82) is 0 Å². The van der Waals surface area contributed by atoms with Crippen LogP contribution >= 0.6 is 0 Å². The van der Waals surface area contributed by atoms with Crippen LogP contribution in [0.3, 0.4) is 0 Å². The van der Waals surface area contributed by atoms with Gasteiger partial charge in [-0.05, 0) is 38.0 Å².